The first-order valence-corrected chi connectivity index (χ1v) is 6.08. The van der Waals surface area contributed by atoms with Gasteiger partial charge in [-0.25, -0.2) is 0 Å². The molecular formula is C13H20N2O2. The van der Waals surface area contributed by atoms with Gasteiger partial charge in [0.15, 0.2) is 0 Å². The normalized spacial score (nSPS) is 18.2. The van der Waals surface area contributed by atoms with Crippen LogP contribution in [0.4, 0.5) is 5.69 Å². The fraction of sp³-hybridized carbons (Fsp3) is 0.538. The first kappa shape index (κ1) is 12.2. The molecule has 1 aromatic carbocycles. The lowest BCUT2D eigenvalue weighted by molar-refractivity contribution is 0.153. The first-order chi connectivity index (χ1) is 8.13. The third kappa shape index (κ3) is 2.37. The third-order valence-electron chi connectivity index (χ3n) is 3.16. The van der Waals surface area contributed by atoms with E-state index in [1.54, 1.807) is 6.92 Å². The van der Waals surface area contributed by atoms with Crippen molar-refractivity contribution in [3.63, 3.8) is 0 Å². The van der Waals surface area contributed by atoms with E-state index in [4.69, 9.17) is 10.5 Å². The van der Waals surface area contributed by atoms with Crippen LogP contribution in [0.25, 0.3) is 0 Å². The Balaban J connectivity index is 2.34. The number of hydrogen-bond acceptors (Lipinski definition) is 4. The molecule has 17 heavy (non-hydrogen) atoms. The predicted molar refractivity (Wildman–Crippen MR) is 68.4 cm³/mol. The minimum absolute atomic E-state index is 0.271. The summed E-state index contributed by atoms with van der Waals surface area (Å²) in [5, 5.41) is 9.97. The summed E-state index contributed by atoms with van der Waals surface area (Å²) in [6.07, 6.45) is -0.624. The number of nitrogens with two attached hydrogens (primary N) is 1. The van der Waals surface area contributed by atoms with Crippen LogP contribution in [-0.4, -0.2) is 30.8 Å². The molecule has 3 N–H and O–H groups in total. The zero-order valence-electron chi connectivity index (χ0n) is 10.4. The van der Waals surface area contributed by atoms with Gasteiger partial charge in [0, 0.05) is 12.6 Å². The lowest BCUT2D eigenvalue weighted by atomic mass is 10.0. The Bertz CT molecular complexity index is 393. The molecule has 2 unspecified atom stereocenters. The number of nitrogens with zero attached hydrogens (tertiary/aromatic N) is 1. The molecule has 0 amide bonds. The average Bonchev–Trinajstić information content (AvgIpc) is 2.36. The molecule has 2 rings (SSSR count). The van der Waals surface area contributed by atoms with Gasteiger partial charge in [-0.15, -0.1) is 0 Å². The Morgan fingerprint density at radius 3 is 2.94 bits per heavy atom. The lowest BCUT2D eigenvalue weighted by Gasteiger charge is -2.31. The molecule has 4 heteroatoms. The molecule has 1 aliphatic rings. The summed E-state index contributed by atoms with van der Waals surface area (Å²) in [4.78, 5) is 2.25. The highest BCUT2D eigenvalue weighted by Crippen LogP contribution is 2.34. The van der Waals surface area contributed by atoms with Crippen LogP contribution >= 0.6 is 0 Å². The second-order valence-corrected chi connectivity index (χ2v) is 4.46. The maximum atomic E-state index is 9.97. The van der Waals surface area contributed by atoms with Crippen molar-refractivity contribution in [2.24, 2.45) is 5.73 Å². The van der Waals surface area contributed by atoms with E-state index in [0.717, 1.165) is 36.7 Å². The van der Waals surface area contributed by atoms with Crippen LogP contribution in [0.15, 0.2) is 18.2 Å². The summed E-state index contributed by atoms with van der Waals surface area (Å²) >= 11 is 0. The van der Waals surface area contributed by atoms with Gasteiger partial charge in [-0.2, -0.15) is 0 Å². The van der Waals surface area contributed by atoms with Gasteiger partial charge in [0.25, 0.3) is 0 Å². The lowest BCUT2D eigenvalue weighted by Crippen LogP contribution is -2.32. The number of fused-ring (bicyclic) bond motifs is 1. The van der Waals surface area contributed by atoms with Crippen molar-refractivity contribution < 1.29 is 9.84 Å². The van der Waals surface area contributed by atoms with E-state index in [-0.39, 0.29) is 6.04 Å². The minimum atomic E-state index is -0.624. The molecule has 2 atom stereocenters. The van der Waals surface area contributed by atoms with Crippen molar-refractivity contribution >= 4 is 5.69 Å². The average molecular weight is 236 g/mol. The Hall–Kier alpha value is -1.26. The van der Waals surface area contributed by atoms with Crippen LogP contribution in [0.2, 0.25) is 0 Å². The fourth-order valence-corrected chi connectivity index (χ4v) is 2.11. The maximum Gasteiger partial charge on any atom is 0.142 e. The Morgan fingerprint density at radius 1 is 1.53 bits per heavy atom. The molecule has 0 fully saturated rings. The van der Waals surface area contributed by atoms with E-state index >= 15 is 0 Å². The summed E-state index contributed by atoms with van der Waals surface area (Å²) in [6, 6.07) is 5.50. The highest BCUT2D eigenvalue weighted by Gasteiger charge is 2.20. The largest absolute Gasteiger partial charge is 0.490 e. The zero-order valence-corrected chi connectivity index (χ0v) is 10.4. The molecule has 1 heterocycles. The number of hydrogen-bond donors (Lipinski definition) is 2. The van der Waals surface area contributed by atoms with Gasteiger partial charge in [-0.3, -0.25) is 0 Å². The van der Waals surface area contributed by atoms with E-state index < -0.39 is 6.10 Å². The number of rotatable bonds is 3. The topological polar surface area (TPSA) is 58.7 Å². The summed E-state index contributed by atoms with van der Waals surface area (Å²) in [6.45, 7) is 6.47. The summed E-state index contributed by atoms with van der Waals surface area (Å²) in [7, 11) is 0. The van der Waals surface area contributed by atoms with Crippen molar-refractivity contribution in [3.8, 4) is 5.75 Å². The minimum Gasteiger partial charge on any atom is -0.490 e. The highest BCUT2D eigenvalue weighted by atomic mass is 16.5. The van der Waals surface area contributed by atoms with Crippen molar-refractivity contribution in [1.29, 1.82) is 0 Å². The van der Waals surface area contributed by atoms with Gasteiger partial charge in [0.1, 0.15) is 12.4 Å². The Kier molecular flexibility index (Phi) is 3.54. The number of anilines is 1. The SMILES string of the molecule is CCN1CCOc2ccc(C(O)C(C)N)cc21. The van der Waals surface area contributed by atoms with Gasteiger partial charge in [-0.1, -0.05) is 6.07 Å². The third-order valence-corrected chi connectivity index (χ3v) is 3.16. The van der Waals surface area contributed by atoms with Crippen molar-refractivity contribution in [2.75, 3.05) is 24.6 Å². The molecule has 4 nitrogen and oxygen atoms in total. The van der Waals surface area contributed by atoms with Crippen LogP contribution in [0.1, 0.15) is 25.5 Å². The van der Waals surface area contributed by atoms with Gasteiger partial charge in [-0.05, 0) is 31.5 Å². The van der Waals surface area contributed by atoms with Crippen molar-refractivity contribution in [1.82, 2.24) is 0 Å². The van der Waals surface area contributed by atoms with Gasteiger partial charge < -0.3 is 20.5 Å². The number of ether oxygens (including phenoxy) is 1. The second kappa shape index (κ2) is 4.94. The molecule has 0 saturated carbocycles. The standard InChI is InChI=1S/C13H20N2O2/c1-3-15-6-7-17-12-5-4-10(8-11(12)15)13(16)9(2)14/h4-5,8-9,13,16H,3,6-7,14H2,1-2H3. The number of benzene rings is 1. The summed E-state index contributed by atoms with van der Waals surface area (Å²) in [5.41, 5.74) is 7.62. The van der Waals surface area contributed by atoms with E-state index in [1.165, 1.54) is 0 Å². The Morgan fingerprint density at radius 2 is 2.29 bits per heavy atom. The molecular weight excluding hydrogens is 216 g/mol. The number of aliphatic hydroxyl groups excluding tert-OH is 1. The van der Waals surface area contributed by atoms with Crippen LogP contribution in [0.3, 0.4) is 0 Å². The molecule has 0 aliphatic carbocycles. The molecule has 0 bridgehead atoms. The van der Waals surface area contributed by atoms with Crippen LogP contribution in [0.5, 0.6) is 5.75 Å². The predicted octanol–water partition coefficient (Wildman–Crippen LogP) is 1.29. The monoisotopic (exact) mass is 236 g/mol. The highest BCUT2D eigenvalue weighted by molar-refractivity contribution is 5.61. The molecule has 1 aromatic rings. The van der Waals surface area contributed by atoms with Gasteiger partial charge >= 0.3 is 0 Å². The Labute approximate surface area is 102 Å². The van der Waals surface area contributed by atoms with E-state index in [1.807, 2.05) is 18.2 Å². The molecule has 0 spiro atoms. The van der Waals surface area contributed by atoms with Gasteiger partial charge in [0.05, 0.1) is 18.3 Å². The van der Waals surface area contributed by atoms with Crippen molar-refractivity contribution in [2.45, 2.75) is 26.0 Å². The second-order valence-electron chi connectivity index (χ2n) is 4.46. The smallest absolute Gasteiger partial charge is 0.142 e. The zero-order chi connectivity index (χ0) is 12.4. The molecule has 0 saturated heterocycles. The summed E-state index contributed by atoms with van der Waals surface area (Å²) in [5.74, 6) is 0.888. The molecule has 94 valence electrons. The fourth-order valence-electron chi connectivity index (χ4n) is 2.11. The first-order valence-electron chi connectivity index (χ1n) is 6.08. The van der Waals surface area contributed by atoms with Crippen molar-refractivity contribution in [3.05, 3.63) is 23.8 Å². The van der Waals surface area contributed by atoms with Crippen LogP contribution < -0.4 is 15.4 Å². The van der Waals surface area contributed by atoms with Crippen LogP contribution in [0, 0.1) is 0 Å². The maximum absolute atomic E-state index is 9.97. The van der Waals surface area contributed by atoms with Gasteiger partial charge in [0.2, 0.25) is 0 Å². The molecule has 0 radical (unpaired) electrons. The van der Waals surface area contributed by atoms with Crippen LogP contribution in [-0.2, 0) is 0 Å². The number of aliphatic hydroxyl groups is 1. The quantitative estimate of drug-likeness (QED) is 0.830. The van der Waals surface area contributed by atoms with E-state index in [0.29, 0.717) is 0 Å². The molecule has 1 aliphatic heterocycles. The number of likely N-dealkylation sites (N-methyl/N-ethyl adjacent to an activating group) is 1. The van der Waals surface area contributed by atoms with E-state index in [2.05, 4.69) is 11.8 Å². The summed E-state index contributed by atoms with van der Waals surface area (Å²) < 4.78 is 5.60. The molecule has 0 aromatic heterocycles. The van der Waals surface area contributed by atoms with E-state index in [9.17, 15) is 5.11 Å².